The molecule has 0 aliphatic carbocycles. The molecule has 0 unspecified atom stereocenters. The average Bonchev–Trinajstić information content (AvgIpc) is 3.07. The number of nitrogens with zero attached hydrogens (tertiary/aromatic N) is 1. The van der Waals surface area contributed by atoms with Gasteiger partial charge in [0.05, 0.1) is 18.2 Å². The summed E-state index contributed by atoms with van der Waals surface area (Å²) in [6.45, 7) is 1.99. The molecule has 0 radical (unpaired) electrons. The molecule has 6 heteroatoms. The lowest BCUT2D eigenvalue weighted by molar-refractivity contribution is 0.0532. The number of thiophene rings is 1. The van der Waals surface area contributed by atoms with Gasteiger partial charge in [0, 0.05) is 15.5 Å². The van der Waals surface area contributed by atoms with Gasteiger partial charge in [0.25, 0.3) is 0 Å². The van der Waals surface area contributed by atoms with Gasteiger partial charge in [-0.05, 0) is 54.4 Å². The van der Waals surface area contributed by atoms with Crippen LogP contribution in [-0.4, -0.2) is 12.6 Å². The topological polar surface area (TPSA) is 50.1 Å². The molecule has 1 heterocycles. The zero-order valence-electron chi connectivity index (χ0n) is 13.8. The number of nitriles is 1. The minimum Gasteiger partial charge on any atom is -0.462 e. The van der Waals surface area contributed by atoms with Gasteiger partial charge in [-0.3, -0.25) is 0 Å². The summed E-state index contributed by atoms with van der Waals surface area (Å²) in [6, 6.07) is 15.0. The molecule has 0 aliphatic heterocycles. The third-order valence-corrected chi connectivity index (χ3v) is 5.02. The third-order valence-electron chi connectivity index (χ3n) is 3.64. The molecule has 0 atom stereocenters. The van der Waals surface area contributed by atoms with E-state index in [-0.39, 0.29) is 11.6 Å². The van der Waals surface area contributed by atoms with E-state index >= 15 is 0 Å². The Morgan fingerprint density at radius 1 is 1.23 bits per heavy atom. The van der Waals surface area contributed by atoms with Crippen molar-refractivity contribution in [2.24, 2.45) is 0 Å². The fraction of sp³-hybridized carbons (Fsp3) is 0.100. The van der Waals surface area contributed by atoms with Gasteiger partial charge in [-0.25, -0.2) is 9.18 Å². The molecule has 3 aromatic rings. The van der Waals surface area contributed by atoms with Gasteiger partial charge in [-0.1, -0.05) is 23.7 Å². The van der Waals surface area contributed by atoms with Crippen LogP contribution in [-0.2, 0) is 4.74 Å². The zero-order valence-corrected chi connectivity index (χ0v) is 15.3. The Labute approximate surface area is 159 Å². The largest absolute Gasteiger partial charge is 0.462 e. The first-order valence-electron chi connectivity index (χ1n) is 7.79. The fourth-order valence-corrected chi connectivity index (χ4v) is 3.85. The predicted molar refractivity (Wildman–Crippen MR) is 101 cm³/mol. The highest BCUT2D eigenvalue weighted by atomic mass is 35.5. The van der Waals surface area contributed by atoms with Gasteiger partial charge < -0.3 is 4.74 Å². The Hall–Kier alpha value is -2.68. The predicted octanol–water partition coefficient (Wildman–Crippen LogP) is 5.92. The summed E-state index contributed by atoms with van der Waals surface area (Å²) in [6.07, 6.45) is 0. The zero-order chi connectivity index (χ0) is 18.7. The first kappa shape index (κ1) is 18.1. The highest BCUT2D eigenvalue weighted by Crippen LogP contribution is 2.41. The van der Waals surface area contributed by atoms with Crippen molar-refractivity contribution in [3.63, 3.8) is 0 Å². The van der Waals surface area contributed by atoms with Crippen molar-refractivity contribution in [2.75, 3.05) is 6.61 Å². The van der Waals surface area contributed by atoms with Crippen LogP contribution in [0.3, 0.4) is 0 Å². The maximum absolute atomic E-state index is 13.8. The van der Waals surface area contributed by atoms with Gasteiger partial charge >= 0.3 is 5.97 Å². The van der Waals surface area contributed by atoms with E-state index in [2.05, 4.69) is 6.07 Å². The van der Waals surface area contributed by atoms with Crippen LogP contribution in [0.2, 0.25) is 5.02 Å². The van der Waals surface area contributed by atoms with E-state index in [1.807, 2.05) is 6.07 Å². The monoisotopic (exact) mass is 385 g/mol. The highest BCUT2D eigenvalue weighted by Gasteiger charge is 2.19. The van der Waals surface area contributed by atoms with Gasteiger partial charge in [0.1, 0.15) is 10.7 Å². The second-order valence-electron chi connectivity index (χ2n) is 5.42. The van der Waals surface area contributed by atoms with Crippen molar-refractivity contribution in [1.82, 2.24) is 0 Å². The van der Waals surface area contributed by atoms with Gasteiger partial charge in [-0.15, -0.1) is 11.3 Å². The Balaban J connectivity index is 2.21. The molecule has 26 heavy (non-hydrogen) atoms. The Morgan fingerprint density at radius 2 is 2.04 bits per heavy atom. The first-order chi connectivity index (χ1) is 12.5. The summed E-state index contributed by atoms with van der Waals surface area (Å²) < 4.78 is 18.9. The molecule has 0 N–H and O–H groups in total. The third kappa shape index (κ3) is 3.77. The molecule has 0 fully saturated rings. The molecular formula is C20H13ClFNO2S. The molecular weight excluding hydrogens is 373 g/mol. The molecule has 130 valence electrons. The van der Waals surface area contributed by atoms with Crippen molar-refractivity contribution in [3.8, 4) is 27.6 Å². The molecule has 3 nitrogen and oxygen atoms in total. The normalized spacial score (nSPS) is 10.4. The SMILES string of the molecule is CCOC(=O)c1cc(-c2cccc(C#N)c2)c(-c2cc(F)cc(Cl)c2)s1. The molecule has 0 spiro atoms. The van der Waals surface area contributed by atoms with E-state index in [1.165, 1.54) is 23.5 Å². The van der Waals surface area contributed by atoms with Crippen molar-refractivity contribution in [1.29, 1.82) is 5.26 Å². The Morgan fingerprint density at radius 3 is 2.73 bits per heavy atom. The van der Waals surface area contributed by atoms with Crippen LogP contribution in [0, 0.1) is 17.1 Å². The molecule has 0 saturated heterocycles. The number of benzene rings is 2. The van der Waals surface area contributed by atoms with Crippen molar-refractivity contribution in [2.45, 2.75) is 6.92 Å². The lowest BCUT2D eigenvalue weighted by Gasteiger charge is -2.06. The van der Waals surface area contributed by atoms with E-state index in [0.29, 0.717) is 20.9 Å². The summed E-state index contributed by atoms with van der Waals surface area (Å²) in [7, 11) is 0. The Kier molecular flexibility index (Phi) is 5.36. The standard InChI is InChI=1S/C20H13ClFNO2S/c1-2-25-20(24)18-10-17(13-5-3-4-12(6-13)11-23)19(26-18)14-7-15(21)9-16(22)8-14/h3-10H,2H2,1H3. The molecule has 3 rings (SSSR count). The van der Waals surface area contributed by atoms with Crippen molar-refractivity contribution >= 4 is 28.9 Å². The van der Waals surface area contributed by atoms with Crippen molar-refractivity contribution in [3.05, 3.63) is 69.8 Å². The summed E-state index contributed by atoms with van der Waals surface area (Å²) in [5.74, 6) is -0.903. The number of ether oxygens (including phenoxy) is 1. The van der Waals surface area contributed by atoms with Gasteiger partial charge in [-0.2, -0.15) is 5.26 Å². The molecule has 0 aliphatic rings. The Bertz CT molecular complexity index is 1000. The lowest BCUT2D eigenvalue weighted by Crippen LogP contribution is -2.01. The highest BCUT2D eigenvalue weighted by molar-refractivity contribution is 7.18. The minimum absolute atomic E-state index is 0.261. The molecule has 2 aromatic carbocycles. The fourth-order valence-electron chi connectivity index (χ4n) is 2.56. The summed E-state index contributed by atoms with van der Waals surface area (Å²) in [5, 5.41) is 9.41. The molecule has 1 aromatic heterocycles. The van der Waals surface area contributed by atoms with Gasteiger partial charge in [0.15, 0.2) is 0 Å². The van der Waals surface area contributed by atoms with Crippen LogP contribution in [0.4, 0.5) is 4.39 Å². The second-order valence-corrected chi connectivity index (χ2v) is 6.91. The maximum Gasteiger partial charge on any atom is 0.348 e. The lowest BCUT2D eigenvalue weighted by atomic mass is 10.0. The number of carbonyl (C=O) groups is 1. The van der Waals surface area contributed by atoms with Crippen LogP contribution in [0.15, 0.2) is 48.5 Å². The molecule has 0 amide bonds. The first-order valence-corrected chi connectivity index (χ1v) is 8.99. The van der Waals surface area contributed by atoms with E-state index in [9.17, 15) is 9.18 Å². The van der Waals surface area contributed by atoms with E-state index in [4.69, 9.17) is 21.6 Å². The number of rotatable bonds is 4. The summed E-state index contributed by atoms with van der Waals surface area (Å²) in [4.78, 5) is 13.3. The number of halogens is 2. The van der Waals surface area contributed by atoms with Gasteiger partial charge in [0.2, 0.25) is 0 Å². The van der Waals surface area contributed by atoms with Crippen LogP contribution in [0.5, 0.6) is 0 Å². The minimum atomic E-state index is -0.463. The quantitative estimate of drug-likeness (QED) is 0.523. The van der Waals surface area contributed by atoms with Crippen LogP contribution < -0.4 is 0 Å². The maximum atomic E-state index is 13.8. The van der Waals surface area contributed by atoms with E-state index in [0.717, 1.165) is 11.1 Å². The van der Waals surface area contributed by atoms with E-state index in [1.54, 1.807) is 37.3 Å². The van der Waals surface area contributed by atoms with Crippen molar-refractivity contribution < 1.29 is 13.9 Å². The number of hydrogen-bond donors (Lipinski definition) is 0. The summed E-state index contributed by atoms with van der Waals surface area (Å²) >= 11 is 7.20. The van der Waals surface area contributed by atoms with E-state index < -0.39 is 11.8 Å². The number of hydrogen-bond acceptors (Lipinski definition) is 4. The average molecular weight is 386 g/mol. The summed E-state index contributed by atoms with van der Waals surface area (Å²) in [5.41, 5.74) is 2.53. The van der Waals surface area contributed by atoms with Crippen LogP contribution in [0.1, 0.15) is 22.2 Å². The number of carbonyl (C=O) groups excluding carboxylic acids is 1. The molecule has 0 saturated carbocycles. The smallest absolute Gasteiger partial charge is 0.348 e. The molecule has 0 bridgehead atoms. The number of esters is 1. The van der Waals surface area contributed by atoms with Crippen LogP contribution >= 0.6 is 22.9 Å². The second kappa shape index (κ2) is 7.69. The van der Waals surface area contributed by atoms with Crippen LogP contribution in [0.25, 0.3) is 21.6 Å².